The van der Waals surface area contributed by atoms with Crippen molar-refractivity contribution in [1.29, 1.82) is 0 Å². The Hall–Kier alpha value is -3.15. The first-order valence-electron chi connectivity index (χ1n) is 9.81. The Morgan fingerprint density at radius 1 is 0.742 bits per heavy atom. The molecule has 0 saturated heterocycles. The Balaban J connectivity index is 1.95. The summed E-state index contributed by atoms with van der Waals surface area (Å²) in [4.78, 5) is 0.516. The van der Waals surface area contributed by atoms with Crippen LogP contribution in [0.3, 0.4) is 0 Å². The lowest BCUT2D eigenvalue weighted by molar-refractivity contribution is -0.0815. The van der Waals surface area contributed by atoms with Crippen LogP contribution in [0.15, 0.2) is 133 Å². The summed E-state index contributed by atoms with van der Waals surface area (Å²) < 4.78 is 26.0. The molecule has 31 heavy (non-hydrogen) atoms. The van der Waals surface area contributed by atoms with Gasteiger partial charge in [0.15, 0.2) is 4.75 Å². The van der Waals surface area contributed by atoms with Crippen LogP contribution in [0.2, 0.25) is 0 Å². The highest BCUT2D eigenvalue weighted by molar-refractivity contribution is 8.33. The number of rotatable bonds is 7. The van der Waals surface area contributed by atoms with Gasteiger partial charge in [0.2, 0.25) is 0 Å². The molecule has 0 fully saturated rings. The highest BCUT2D eigenvalue weighted by atomic mass is 32.8. The lowest BCUT2D eigenvalue weighted by Crippen LogP contribution is -2.63. The predicted molar refractivity (Wildman–Crippen MR) is 128 cm³/mol. The first kappa shape index (κ1) is 21.1. The van der Waals surface area contributed by atoms with E-state index in [4.69, 9.17) is 20.7 Å². The van der Waals surface area contributed by atoms with Crippen LogP contribution in [-0.4, -0.2) is 14.7 Å². The van der Waals surface area contributed by atoms with Crippen molar-refractivity contribution >= 4 is 19.7 Å². The zero-order valence-electron chi connectivity index (χ0n) is 16.8. The molecule has 0 radical (unpaired) electrons. The van der Waals surface area contributed by atoms with E-state index in [2.05, 4.69) is 6.58 Å². The molecule has 156 valence electrons. The summed E-state index contributed by atoms with van der Waals surface area (Å²) >= 11 is 5.83. The third-order valence-electron chi connectivity index (χ3n) is 5.14. The molecule has 0 aliphatic heterocycles. The van der Waals surface area contributed by atoms with Crippen molar-refractivity contribution in [2.24, 2.45) is 0 Å². The number of hydrogen-bond donors (Lipinski definition) is 0. The first-order chi connectivity index (χ1) is 15.0. The minimum Gasteiger partial charge on any atom is -0.447 e. The SMILES string of the molecule is C=CC1(S(=O)(=S)c2ccccc2)C=CC=CC1(Oc1ccccc1)Oc1ccccc1. The molecule has 2 unspecified atom stereocenters. The number of ether oxygens (including phenoxy) is 2. The molecule has 0 saturated carbocycles. The Kier molecular flexibility index (Phi) is 5.81. The Morgan fingerprint density at radius 3 is 1.68 bits per heavy atom. The lowest BCUT2D eigenvalue weighted by atomic mass is 9.92. The summed E-state index contributed by atoms with van der Waals surface area (Å²) in [5.74, 6) is -0.410. The van der Waals surface area contributed by atoms with Gasteiger partial charge in [0.05, 0.1) is 8.49 Å². The normalized spacial score (nSPS) is 21.0. The van der Waals surface area contributed by atoms with E-state index < -0.39 is 19.0 Å². The van der Waals surface area contributed by atoms with Crippen LogP contribution in [-0.2, 0) is 19.7 Å². The Labute approximate surface area is 188 Å². The Bertz CT molecular complexity index is 1160. The summed E-state index contributed by atoms with van der Waals surface area (Å²) in [5.41, 5.74) is 0. The molecule has 3 aromatic rings. The second-order valence-electron chi connectivity index (χ2n) is 7.03. The minimum absolute atomic E-state index is 0.516. The van der Waals surface area contributed by atoms with Gasteiger partial charge in [0.1, 0.15) is 11.5 Å². The van der Waals surface area contributed by atoms with E-state index in [0.29, 0.717) is 16.4 Å². The molecular weight excluding hydrogens is 424 g/mol. The second kappa shape index (κ2) is 8.53. The molecule has 0 amide bonds. The number of para-hydroxylation sites is 2. The fourth-order valence-corrected chi connectivity index (χ4v) is 6.56. The van der Waals surface area contributed by atoms with Gasteiger partial charge in [-0.1, -0.05) is 78.9 Å². The standard InChI is InChI=1S/C26H22O3S2/c1-2-25(31(27,30)24-18-10-5-11-19-24)20-12-13-21-26(25,28-22-14-6-3-7-15-22)29-23-16-8-4-9-17-23/h2-21H,1H2. The molecule has 1 aliphatic carbocycles. The predicted octanol–water partition coefficient (Wildman–Crippen LogP) is 5.70. The minimum atomic E-state index is -3.19. The number of hydrogen-bond acceptors (Lipinski definition) is 4. The number of benzene rings is 3. The zero-order valence-corrected chi connectivity index (χ0v) is 18.4. The van der Waals surface area contributed by atoms with E-state index in [9.17, 15) is 4.21 Å². The average molecular weight is 447 g/mol. The maximum Gasteiger partial charge on any atom is 0.296 e. The summed E-state index contributed by atoms with van der Waals surface area (Å²) in [6, 6.07) is 27.6. The zero-order chi connectivity index (χ0) is 21.8. The quantitative estimate of drug-likeness (QED) is 0.345. The van der Waals surface area contributed by atoms with Gasteiger partial charge in [-0.05, 0) is 47.6 Å². The third kappa shape index (κ3) is 3.71. The molecule has 3 nitrogen and oxygen atoms in total. The van der Waals surface area contributed by atoms with Gasteiger partial charge in [0, 0.05) is 11.0 Å². The van der Waals surface area contributed by atoms with Gasteiger partial charge in [-0.15, -0.1) is 6.58 Å². The maximum absolute atomic E-state index is 14.4. The van der Waals surface area contributed by atoms with Crippen molar-refractivity contribution in [3.63, 3.8) is 0 Å². The highest BCUT2D eigenvalue weighted by Gasteiger charge is 2.59. The van der Waals surface area contributed by atoms with Crippen LogP contribution in [0.4, 0.5) is 0 Å². The van der Waals surface area contributed by atoms with Crippen LogP contribution in [0, 0.1) is 0 Å². The molecule has 5 heteroatoms. The van der Waals surface area contributed by atoms with Gasteiger partial charge in [-0.2, -0.15) is 0 Å². The second-order valence-corrected chi connectivity index (χ2v) is 10.6. The molecule has 0 spiro atoms. The molecule has 0 N–H and O–H groups in total. The van der Waals surface area contributed by atoms with Crippen molar-refractivity contribution < 1.29 is 13.7 Å². The van der Waals surface area contributed by atoms with E-state index in [1.807, 2.05) is 84.9 Å². The molecule has 3 aromatic carbocycles. The molecule has 0 heterocycles. The first-order valence-corrected chi connectivity index (χ1v) is 12.3. The summed E-state index contributed by atoms with van der Waals surface area (Å²) in [5, 5.41) is 0. The van der Waals surface area contributed by atoms with Crippen LogP contribution < -0.4 is 9.47 Å². The van der Waals surface area contributed by atoms with Crippen molar-refractivity contribution in [3.05, 3.63) is 128 Å². The summed E-state index contributed by atoms with van der Waals surface area (Å²) in [6.07, 6.45) is 8.72. The maximum atomic E-state index is 14.4. The lowest BCUT2D eigenvalue weighted by Gasteiger charge is -2.46. The van der Waals surface area contributed by atoms with Crippen molar-refractivity contribution in [2.75, 3.05) is 0 Å². The number of allylic oxidation sites excluding steroid dienone is 2. The molecule has 0 aromatic heterocycles. The van der Waals surface area contributed by atoms with E-state index >= 15 is 0 Å². The summed E-state index contributed by atoms with van der Waals surface area (Å²) in [7, 11) is -3.19. The third-order valence-corrected chi connectivity index (χ3v) is 8.92. The molecule has 2 atom stereocenters. The van der Waals surface area contributed by atoms with E-state index in [-0.39, 0.29) is 0 Å². The topological polar surface area (TPSA) is 35.5 Å². The molecular formula is C26H22O3S2. The highest BCUT2D eigenvalue weighted by Crippen LogP contribution is 2.45. The Morgan fingerprint density at radius 2 is 1.19 bits per heavy atom. The van der Waals surface area contributed by atoms with Crippen molar-refractivity contribution in [3.8, 4) is 11.5 Å². The van der Waals surface area contributed by atoms with Crippen molar-refractivity contribution in [2.45, 2.75) is 15.4 Å². The van der Waals surface area contributed by atoms with Gasteiger partial charge in [0.25, 0.3) is 5.79 Å². The van der Waals surface area contributed by atoms with E-state index in [0.717, 1.165) is 0 Å². The molecule has 0 bridgehead atoms. The van der Waals surface area contributed by atoms with Crippen LogP contribution >= 0.6 is 0 Å². The van der Waals surface area contributed by atoms with Crippen molar-refractivity contribution in [1.82, 2.24) is 0 Å². The van der Waals surface area contributed by atoms with E-state index in [1.165, 1.54) is 0 Å². The van der Waals surface area contributed by atoms with Gasteiger partial charge in [-0.3, -0.25) is 4.21 Å². The van der Waals surface area contributed by atoms with Gasteiger partial charge >= 0.3 is 0 Å². The van der Waals surface area contributed by atoms with Crippen LogP contribution in [0.25, 0.3) is 0 Å². The molecule has 4 rings (SSSR count). The van der Waals surface area contributed by atoms with Gasteiger partial charge in [-0.25, -0.2) is 0 Å². The monoisotopic (exact) mass is 446 g/mol. The molecule has 1 aliphatic rings. The van der Waals surface area contributed by atoms with Crippen LogP contribution in [0.5, 0.6) is 11.5 Å². The van der Waals surface area contributed by atoms with Gasteiger partial charge < -0.3 is 9.47 Å². The van der Waals surface area contributed by atoms with E-state index in [1.54, 1.807) is 36.4 Å². The fraction of sp³-hybridized carbons (Fsp3) is 0.0769. The average Bonchev–Trinajstić information content (AvgIpc) is 2.81. The fourth-order valence-electron chi connectivity index (χ4n) is 3.59. The smallest absolute Gasteiger partial charge is 0.296 e. The summed E-state index contributed by atoms with van der Waals surface area (Å²) in [6.45, 7) is 4.04. The largest absolute Gasteiger partial charge is 0.447 e. The van der Waals surface area contributed by atoms with Crippen LogP contribution in [0.1, 0.15) is 0 Å².